The van der Waals surface area contributed by atoms with E-state index in [0.717, 1.165) is 0 Å². The molecular formula is C13H11N3O5. The predicted molar refractivity (Wildman–Crippen MR) is 69.1 cm³/mol. The standard InChI is InChI=1S/C13H11N3O5/c1-20-12(17)8-3-4-9(14-7-8)11-6-5-10(13(18)21-2)15-16(11)19/h3-7H,1-2H3. The van der Waals surface area contributed by atoms with Crippen LogP contribution in [-0.4, -0.2) is 36.2 Å². The molecule has 0 aliphatic carbocycles. The molecule has 0 atom stereocenters. The van der Waals surface area contributed by atoms with Crippen LogP contribution in [0.25, 0.3) is 11.4 Å². The summed E-state index contributed by atoms with van der Waals surface area (Å²) in [7, 11) is 2.46. The van der Waals surface area contributed by atoms with Crippen molar-refractivity contribution in [1.29, 1.82) is 0 Å². The maximum absolute atomic E-state index is 11.8. The predicted octanol–water partition coefficient (Wildman–Crippen LogP) is 0.350. The largest absolute Gasteiger partial charge is 0.594 e. The van der Waals surface area contributed by atoms with Crippen molar-refractivity contribution in [2.75, 3.05) is 14.2 Å². The Bertz CT molecular complexity index is 685. The Hall–Kier alpha value is -3.03. The minimum atomic E-state index is -0.708. The van der Waals surface area contributed by atoms with Gasteiger partial charge in [0.2, 0.25) is 5.69 Å². The molecule has 0 saturated carbocycles. The van der Waals surface area contributed by atoms with Crippen molar-refractivity contribution in [1.82, 2.24) is 10.1 Å². The molecule has 0 spiro atoms. The number of pyridine rings is 1. The van der Waals surface area contributed by atoms with Crippen molar-refractivity contribution >= 4 is 11.9 Å². The smallest absolute Gasteiger partial charge is 0.362 e. The van der Waals surface area contributed by atoms with Crippen LogP contribution in [0.4, 0.5) is 0 Å². The van der Waals surface area contributed by atoms with Gasteiger partial charge < -0.3 is 14.7 Å². The highest BCUT2D eigenvalue weighted by Gasteiger charge is 2.17. The van der Waals surface area contributed by atoms with Gasteiger partial charge in [0.05, 0.1) is 19.8 Å². The summed E-state index contributed by atoms with van der Waals surface area (Å²) in [5.41, 5.74) is 0.598. The molecule has 0 aliphatic rings. The molecule has 0 aliphatic heterocycles. The number of nitrogens with zero attached hydrogens (tertiary/aromatic N) is 3. The molecule has 0 amide bonds. The highest BCUT2D eigenvalue weighted by molar-refractivity contribution is 5.89. The fourth-order valence-electron chi connectivity index (χ4n) is 1.59. The molecule has 21 heavy (non-hydrogen) atoms. The van der Waals surface area contributed by atoms with Gasteiger partial charge in [-0.05, 0) is 23.0 Å². The SMILES string of the molecule is COC(=O)c1ccc(-c2ccc(C(=O)OC)n[n+]2[O-])nc1. The molecule has 0 saturated heterocycles. The van der Waals surface area contributed by atoms with E-state index in [1.165, 1.54) is 44.7 Å². The minimum absolute atomic E-state index is 0.109. The molecule has 0 N–H and O–H groups in total. The van der Waals surface area contributed by atoms with Crippen LogP contribution in [0.5, 0.6) is 0 Å². The first-order valence-corrected chi connectivity index (χ1v) is 5.80. The Kier molecular flexibility index (Phi) is 4.07. The number of rotatable bonds is 3. The summed E-state index contributed by atoms with van der Waals surface area (Å²) in [5.74, 6) is -1.23. The first kappa shape index (κ1) is 14.4. The molecule has 108 valence electrons. The molecule has 0 unspecified atom stereocenters. The van der Waals surface area contributed by atoms with Crippen molar-refractivity contribution in [3.8, 4) is 11.4 Å². The van der Waals surface area contributed by atoms with Crippen LogP contribution in [0.1, 0.15) is 20.8 Å². The lowest BCUT2D eigenvalue weighted by Crippen LogP contribution is -2.36. The summed E-state index contributed by atoms with van der Waals surface area (Å²) in [4.78, 5) is 26.8. The average Bonchev–Trinajstić information content (AvgIpc) is 2.53. The van der Waals surface area contributed by atoms with E-state index in [1.54, 1.807) is 0 Å². The number of hydrogen-bond acceptors (Lipinski definition) is 7. The van der Waals surface area contributed by atoms with Gasteiger partial charge in [-0.15, -0.1) is 0 Å². The van der Waals surface area contributed by atoms with Gasteiger partial charge in [-0.3, -0.25) is 0 Å². The highest BCUT2D eigenvalue weighted by Crippen LogP contribution is 2.13. The second-order valence-corrected chi connectivity index (χ2v) is 3.89. The number of methoxy groups -OCH3 is 2. The third-order valence-electron chi connectivity index (χ3n) is 2.65. The summed E-state index contributed by atoms with van der Waals surface area (Å²) in [5, 5.41) is 15.4. The van der Waals surface area contributed by atoms with Crippen molar-refractivity contribution in [2.24, 2.45) is 0 Å². The molecule has 0 fully saturated rings. The third kappa shape index (κ3) is 2.94. The molecule has 2 heterocycles. The number of ether oxygens (including phenoxy) is 2. The Morgan fingerprint density at radius 1 is 1.10 bits per heavy atom. The molecule has 2 aromatic heterocycles. The van der Waals surface area contributed by atoms with E-state index in [2.05, 4.69) is 19.6 Å². The zero-order valence-electron chi connectivity index (χ0n) is 11.3. The maximum atomic E-state index is 11.8. The number of carbonyl (C=O) groups excluding carboxylic acids is 2. The number of hydrogen-bond donors (Lipinski definition) is 0. The van der Waals surface area contributed by atoms with Crippen LogP contribution in [0.15, 0.2) is 30.5 Å². The molecule has 2 aromatic rings. The average molecular weight is 289 g/mol. The van der Waals surface area contributed by atoms with Gasteiger partial charge in [-0.1, -0.05) is 0 Å². The third-order valence-corrected chi connectivity index (χ3v) is 2.65. The summed E-state index contributed by atoms with van der Waals surface area (Å²) >= 11 is 0. The Morgan fingerprint density at radius 3 is 2.33 bits per heavy atom. The van der Waals surface area contributed by atoms with E-state index in [-0.39, 0.29) is 21.8 Å². The normalized spacial score (nSPS) is 10.0. The highest BCUT2D eigenvalue weighted by atomic mass is 16.5. The van der Waals surface area contributed by atoms with E-state index < -0.39 is 11.9 Å². The van der Waals surface area contributed by atoms with Crippen LogP contribution in [-0.2, 0) is 9.47 Å². The van der Waals surface area contributed by atoms with Crippen molar-refractivity contribution in [3.05, 3.63) is 46.9 Å². The fraction of sp³-hybridized carbons (Fsp3) is 0.154. The molecule has 8 nitrogen and oxygen atoms in total. The van der Waals surface area contributed by atoms with Crippen LogP contribution < -0.4 is 4.85 Å². The van der Waals surface area contributed by atoms with Crippen LogP contribution in [0, 0.1) is 5.21 Å². The van der Waals surface area contributed by atoms with Gasteiger partial charge in [-0.2, -0.15) is 0 Å². The Labute approximate surface area is 119 Å². The van der Waals surface area contributed by atoms with E-state index in [4.69, 9.17) is 0 Å². The molecule has 2 rings (SSSR count). The van der Waals surface area contributed by atoms with Crippen LogP contribution in [0.3, 0.4) is 0 Å². The molecule has 8 heteroatoms. The second kappa shape index (κ2) is 5.95. The van der Waals surface area contributed by atoms with Crippen LogP contribution in [0.2, 0.25) is 0 Å². The minimum Gasteiger partial charge on any atom is -0.594 e. The zero-order chi connectivity index (χ0) is 15.4. The Morgan fingerprint density at radius 2 is 1.81 bits per heavy atom. The van der Waals surface area contributed by atoms with E-state index in [1.807, 2.05) is 0 Å². The van der Waals surface area contributed by atoms with Gasteiger partial charge >= 0.3 is 11.9 Å². The first-order valence-electron chi connectivity index (χ1n) is 5.80. The number of carbonyl (C=O) groups is 2. The van der Waals surface area contributed by atoms with Gasteiger partial charge in [0.25, 0.3) is 5.69 Å². The number of aromatic nitrogens is 3. The van der Waals surface area contributed by atoms with Gasteiger partial charge in [0.15, 0.2) is 0 Å². The van der Waals surface area contributed by atoms with Gasteiger partial charge in [-0.25, -0.2) is 14.6 Å². The number of esters is 2. The summed E-state index contributed by atoms with van der Waals surface area (Å²) in [6.07, 6.45) is 1.29. The molecule has 0 aromatic carbocycles. The second-order valence-electron chi connectivity index (χ2n) is 3.89. The first-order chi connectivity index (χ1) is 10.1. The van der Waals surface area contributed by atoms with E-state index in [9.17, 15) is 14.8 Å². The molecular weight excluding hydrogens is 278 g/mol. The lowest BCUT2D eigenvalue weighted by atomic mass is 10.2. The maximum Gasteiger partial charge on any atom is 0.362 e. The monoisotopic (exact) mass is 289 g/mol. The van der Waals surface area contributed by atoms with E-state index in [0.29, 0.717) is 5.69 Å². The Balaban J connectivity index is 2.34. The van der Waals surface area contributed by atoms with Crippen LogP contribution >= 0.6 is 0 Å². The quantitative estimate of drug-likeness (QED) is 0.456. The van der Waals surface area contributed by atoms with Crippen molar-refractivity contribution in [2.45, 2.75) is 0 Å². The molecule has 0 radical (unpaired) electrons. The summed E-state index contributed by atoms with van der Waals surface area (Å²) in [6, 6.07) is 5.70. The topological polar surface area (TPSA) is 105 Å². The summed E-state index contributed by atoms with van der Waals surface area (Å²) < 4.78 is 9.02. The summed E-state index contributed by atoms with van der Waals surface area (Å²) in [6.45, 7) is 0. The fourth-order valence-corrected chi connectivity index (χ4v) is 1.59. The van der Waals surface area contributed by atoms with Crippen molar-refractivity contribution < 1.29 is 23.9 Å². The van der Waals surface area contributed by atoms with Gasteiger partial charge in [0, 0.05) is 17.4 Å². The van der Waals surface area contributed by atoms with E-state index >= 15 is 0 Å². The lowest BCUT2D eigenvalue weighted by Gasteiger charge is -2.03. The lowest BCUT2D eigenvalue weighted by molar-refractivity contribution is -0.658. The van der Waals surface area contributed by atoms with Crippen molar-refractivity contribution in [3.63, 3.8) is 0 Å². The zero-order valence-corrected chi connectivity index (χ0v) is 11.3. The van der Waals surface area contributed by atoms with Gasteiger partial charge in [0.1, 0.15) is 5.69 Å². The molecule has 0 bridgehead atoms.